The Hall–Kier alpha value is -4.25. The predicted octanol–water partition coefficient (Wildman–Crippen LogP) is 6.48. The van der Waals surface area contributed by atoms with Crippen LogP contribution in [0.3, 0.4) is 0 Å². The third-order valence-corrected chi connectivity index (χ3v) is 6.10. The number of nitrogens with zero attached hydrogens (tertiary/aromatic N) is 1. The monoisotopic (exact) mass is 589 g/mol. The Balaban J connectivity index is 1.55. The topological polar surface area (TPSA) is 94.5 Å². The van der Waals surface area contributed by atoms with E-state index in [1.807, 2.05) is 30.3 Å². The Bertz CT molecular complexity index is 1240. The smallest absolute Gasteiger partial charge is 0.416 e. The largest absolute Gasteiger partial charge is 0.494 e. The predicted molar refractivity (Wildman–Crippen MR) is 149 cm³/mol. The fraction of sp³-hybridized carbons (Fsp3) is 0.355. The van der Waals surface area contributed by atoms with Gasteiger partial charge in [0.1, 0.15) is 23.9 Å². The van der Waals surface area contributed by atoms with Crippen molar-refractivity contribution in [3.8, 4) is 17.2 Å². The molecule has 0 saturated carbocycles. The summed E-state index contributed by atoms with van der Waals surface area (Å²) in [7, 11) is 0. The van der Waals surface area contributed by atoms with Gasteiger partial charge in [-0.3, -0.25) is 0 Å². The van der Waals surface area contributed by atoms with Crippen LogP contribution in [0.2, 0.25) is 0 Å². The highest BCUT2D eigenvalue weighted by atomic mass is 19.4. The molecule has 0 fully saturated rings. The second-order valence-electron chi connectivity index (χ2n) is 9.22. The minimum absolute atomic E-state index is 0.00589. The molecule has 0 aliphatic rings. The zero-order valence-electron chi connectivity index (χ0n) is 23.2. The van der Waals surface area contributed by atoms with Crippen LogP contribution in [-0.4, -0.2) is 61.1 Å². The maximum absolute atomic E-state index is 12.9. The Morgan fingerprint density at radius 3 is 2.05 bits per heavy atom. The Kier molecular flexibility index (Phi) is 12.5. The van der Waals surface area contributed by atoms with E-state index in [0.717, 1.165) is 35.6 Å². The minimum Gasteiger partial charge on any atom is -0.494 e. The van der Waals surface area contributed by atoms with Crippen LogP contribution in [0.1, 0.15) is 30.9 Å². The van der Waals surface area contributed by atoms with Crippen LogP contribution in [0.25, 0.3) is 0 Å². The van der Waals surface area contributed by atoms with Crippen LogP contribution in [0.15, 0.2) is 78.9 Å². The molecule has 11 heteroatoms. The van der Waals surface area contributed by atoms with Crippen LogP contribution in [0.5, 0.6) is 17.2 Å². The van der Waals surface area contributed by atoms with Gasteiger partial charge in [0.15, 0.2) is 6.10 Å². The first-order valence-electron chi connectivity index (χ1n) is 13.5. The zero-order valence-corrected chi connectivity index (χ0v) is 23.2. The van der Waals surface area contributed by atoms with Gasteiger partial charge in [-0.2, -0.15) is 13.2 Å². The molecule has 0 aromatic heterocycles. The molecular formula is C31H34F3NO7. The summed E-state index contributed by atoms with van der Waals surface area (Å²) >= 11 is 0. The maximum Gasteiger partial charge on any atom is 0.416 e. The summed E-state index contributed by atoms with van der Waals surface area (Å²) in [6.07, 6.45) is -4.69. The van der Waals surface area contributed by atoms with E-state index in [-0.39, 0.29) is 31.9 Å². The second kappa shape index (κ2) is 16.3. The molecule has 8 nitrogen and oxygen atoms in total. The molecule has 0 spiro atoms. The summed E-state index contributed by atoms with van der Waals surface area (Å²) in [5.41, 5.74) is -0.0731. The van der Waals surface area contributed by atoms with Gasteiger partial charge in [-0.25, -0.2) is 9.59 Å². The van der Waals surface area contributed by atoms with Gasteiger partial charge in [-0.05, 0) is 73.9 Å². The molecular weight excluding hydrogens is 555 g/mol. The molecule has 1 amide bonds. The lowest BCUT2D eigenvalue weighted by Gasteiger charge is -2.22. The van der Waals surface area contributed by atoms with Gasteiger partial charge in [0.05, 0.1) is 18.7 Å². The maximum atomic E-state index is 12.9. The molecule has 0 aliphatic heterocycles. The Morgan fingerprint density at radius 1 is 0.810 bits per heavy atom. The number of halogens is 3. The van der Waals surface area contributed by atoms with Crippen LogP contribution in [0.4, 0.5) is 18.0 Å². The van der Waals surface area contributed by atoms with Crippen molar-refractivity contribution in [2.24, 2.45) is 0 Å². The summed E-state index contributed by atoms with van der Waals surface area (Å²) in [6.45, 7) is 3.06. The highest BCUT2D eigenvalue weighted by Crippen LogP contribution is 2.30. The highest BCUT2D eigenvalue weighted by molar-refractivity contribution is 5.72. The Labute approximate surface area is 242 Å². The fourth-order valence-corrected chi connectivity index (χ4v) is 3.91. The molecule has 0 bridgehead atoms. The number of unbranched alkanes of at least 4 members (excludes halogenated alkanes) is 1. The summed E-state index contributed by atoms with van der Waals surface area (Å²) in [6, 6.07) is 20.1. The summed E-state index contributed by atoms with van der Waals surface area (Å²) in [5, 5.41) is 9.27. The molecule has 1 unspecified atom stereocenters. The number of hydrogen-bond donors (Lipinski definition) is 1. The van der Waals surface area contributed by atoms with Crippen LogP contribution < -0.4 is 14.2 Å². The van der Waals surface area contributed by atoms with Crippen molar-refractivity contribution in [1.29, 1.82) is 0 Å². The number of benzene rings is 3. The average molecular weight is 590 g/mol. The molecule has 3 aromatic rings. The van der Waals surface area contributed by atoms with Gasteiger partial charge in [-0.15, -0.1) is 0 Å². The standard InChI is InChI=1S/C31H34F3NO7/c1-2-39-28(29(36)37)22-23-10-14-26(15-11-23)41-21-19-35(18-6-7-20-40-25-8-4-3-5-9-25)30(38)42-27-16-12-24(13-17-27)31(32,33)34/h3-5,8-17,28H,2,6-7,18-22H2,1H3,(H,36,37). The third kappa shape index (κ3) is 11.0. The van der Waals surface area contributed by atoms with Crippen molar-refractivity contribution in [2.45, 2.75) is 38.5 Å². The number of aliphatic carboxylic acids is 1. The molecule has 0 heterocycles. The molecule has 3 rings (SSSR count). The van der Waals surface area contributed by atoms with Crippen molar-refractivity contribution in [3.63, 3.8) is 0 Å². The van der Waals surface area contributed by atoms with Crippen LogP contribution in [0, 0.1) is 0 Å². The lowest BCUT2D eigenvalue weighted by molar-refractivity contribution is -0.150. The van der Waals surface area contributed by atoms with Crippen LogP contribution >= 0.6 is 0 Å². The number of hydrogen-bond acceptors (Lipinski definition) is 6. The second-order valence-corrected chi connectivity index (χ2v) is 9.22. The first kappa shape index (κ1) is 32.3. The van der Waals surface area contributed by atoms with Crippen molar-refractivity contribution >= 4 is 12.1 Å². The average Bonchev–Trinajstić information content (AvgIpc) is 2.97. The van der Waals surface area contributed by atoms with E-state index in [1.165, 1.54) is 4.90 Å². The number of rotatable bonds is 16. The van der Waals surface area contributed by atoms with Gasteiger partial charge >= 0.3 is 18.2 Å². The van der Waals surface area contributed by atoms with Crippen molar-refractivity contribution in [2.75, 3.05) is 32.9 Å². The van der Waals surface area contributed by atoms with E-state index in [2.05, 4.69) is 0 Å². The normalized spacial score (nSPS) is 11.9. The van der Waals surface area contributed by atoms with Gasteiger partial charge in [0.2, 0.25) is 0 Å². The number of alkyl halides is 3. The van der Waals surface area contributed by atoms with Gasteiger partial charge in [-0.1, -0.05) is 30.3 Å². The van der Waals surface area contributed by atoms with E-state index in [9.17, 15) is 27.9 Å². The van der Waals surface area contributed by atoms with E-state index in [4.69, 9.17) is 18.9 Å². The molecule has 0 radical (unpaired) electrons. The number of carbonyl (C=O) groups is 2. The van der Waals surface area contributed by atoms with Crippen molar-refractivity contribution < 1.29 is 46.8 Å². The molecule has 0 aliphatic carbocycles. The Morgan fingerprint density at radius 2 is 1.43 bits per heavy atom. The lowest BCUT2D eigenvalue weighted by atomic mass is 10.1. The van der Waals surface area contributed by atoms with Gasteiger partial charge < -0.3 is 29.0 Å². The molecule has 42 heavy (non-hydrogen) atoms. The SMILES string of the molecule is CCOC(Cc1ccc(OCCN(CCCCOc2ccccc2)C(=O)Oc2ccc(C(F)(F)F)cc2)cc1)C(=O)O. The first-order chi connectivity index (χ1) is 20.2. The summed E-state index contributed by atoms with van der Waals surface area (Å²) in [5.74, 6) is 0.224. The van der Waals surface area contributed by atoms with Crippen molar-refractivity contribution in [3.05, 3.63) is 90.0 Å². The molecule has 1 atom stereocenters. The van der Waals surface area contributed by atoms with E-state index in [1.54, 1.807) is 31.2 Å². The molecule has 226 valence electrons. The summed E-state index contributed by atoms with van der Waals surface area (Å²) < 4.78 is 60.7. The first-order valence-corrected chi connectivity index (χ1v) is 13.5. The molecule has 0 saturated heterocycles. The van der Waals surface area contributed by atoms with E-state index in [0.29, 0.717) is 31.7 Å². The number of carbonyl (C=O) groups excluding carboxylic acids is 1. The minimum atomic E-state index is -4.49. The number of amides is 1. The third-order valence-electron chi connectivity index (χ3n) is 6.10. The molecule has 1 N–H and O–H groups in total. The number of ether oxygens (including phenoxy) is 4. The quantitative estimate of drug-likeness (QED) is 0.191. The highest BCUT2D eigenvalue weighted by Gasteiger charge is 2.30. The number of para-hydroxylation sites is 1. The van der Waals surface area contributed by atoms with Crippen LogP contribution in [-0.2, 0) is 22.1 Å². The number of carboxylic acids is 1. The zero-order chi connectivity index (χ0) is 30.4. The van der Waals surface area contributed by atoms with E-state index >= 15 is 0 Å². The molecule has 3 aromatic carbocycles. The van der Waals surface area contributed by atoms with Crippen molar-refractivity contribution in [1.82, 2.24) is 4.90 Å². The van der Waals surface area contributed by atoms with Gasteiger partial charge in [0, 0.05) is 19.6 Å². The lowest BCUT2D eigenvalue weighted by Crippen LogP contribution is -2.37. The van der Waals surface area contributed by atoms with E-state index < -0.39 is 29.9 Å². The van der Waals surface area contributed by atoms with Gasteiger partial charge in [0.25, 0.3) is 0 Å². The number of carboxylic acid groups (broad SMARTS) is 1. The fourth-order valence-electron chi connectivity index (χ4n) is 3.91. The summed E-state index contributed by atoms with van der Waals surface area (Å²) in [4.78, 5) is 25.7.